The van der Waals surface area contributed by atoms with Crippen molar-refractivity contribution in [1.82, 2.24) is 19.4 Å². The van der Waals surface area contributed by atoms with Crippen LogP contribution in [0.5, 0.6) is 11.8 Å². The Morgan fingerprint density at radius 3 is 2.41 bits per heavy atom. The van der Waals surface area contributed by atoms with Gasteiger partial charge in [-0.15, -0.1) is 0 Å². The van der Waals surface area contributed by atoms with E-state index >= 15 is 0 Å². The molecule has 0 radical (unpaired) electrons. The van der Waals surface area contributed by atoms with Gasteiger partial charge < -0.3 is 9.14 Å². The highest BCUT2D eigenvalue weighted by atomic mass is 19.4. The fourth-order valence-electron chi connectivity index (χ4n) is 2.44. The number of hydrogen-bond donors (Lipinski definition) is 0. The molecule has 3 heterocycles. The number of halogens is 4. The van der Waals surface area contributed by atoms with Crippen LogP contribution in [0.4, 0.5) is 17.6 Å². The lowest BCUT2D eigenvalue weighted by atomic mass is 10.1. The molecule has 0 atom stereocenters. The minimum Gasteiger partial charge on any atom is -0.421 e. The Morgan fingerprint density at radius 1 is 0.963 bits per heavy atom. The molecule has 3 aromatic heterocycles. The summed E-state index contributed by atoms with van der Waals surface area (Å²) in [5, 5.41) is 0. The number of hydrogen-bond acceptors (Lipinski definition) is 4. The lowest BCUT2D eigenvalue weighted by Gasteiger charge is -2.06. The van der Waals surface area contributed by atoms with Crippen LogP contribution < -0.4 is 4.74 Å². The molecule has 0 saturated carbocycles. The molecule has 0 fully saturated rings. The number of imidazole rings is 1. The van der Waals surface area contributed by atoms with Crippen molar-refractivity contribution in [3.63, 3.8) is 0 Å². The average Bonchev–Trinajstić information content (AvgIpc) is 3.08. The van der Waals surface area contributed by atoms with Crippen molar-refractivity contribution >= 4 is 5.65 Å². The Kier molecular flexibility index (Phi) is 3.98. The number of benzene rings is 1. The van der Waals surface area contributed by atoms with Crippen LogP contribution >= 0.6 is 0 Å². The zero-order valence-corrected chi connectivity index (χ0v) is 13.5. The minimum atomic E-state index is -4.51. The third-order valence-electron chi connectivity index (χ3n) is 3.75. The van der Waals surface area contributed by atoms with Crippen molar-refractivity contribution in [3.05, 3.63) is 72.7 Å². The molecule has 0 unspecified atom stereocenters. The van der Waals surface area contributed by atoms with Gasteiger partial charge in [0.15, 0.2) is 17.3 Å². The van der Waals surface area contributed by atoms with E-state index in [1.165, 1.54) is 47.3 Å². The van der Waals surface area contributed by atoms with E-state index in [1.54, 1.807) is 12.1 Å². The van der Waals surface area contributed by atoms with Gasteiger partial charge in [0.05, 0.1) is 0 Å². The Bertz CT molecular complexity index is 1110. The van der Waals surface area contributed by atoms with E-state index in [4.69, 9.17) is 4.74 Å². The first kappa shape index (κ1) is 17.0. The number of aromatic nitrogens is 4. The molecule has 1 aromatic carbocycles. The number of nitrogens with zero attached hydrogens (tertiary/aromatic N) is 4. The van der Waals surface area contributed by atoms with Crippen LogP contribution in [0.15, 0.2) is 61.2 Å². The van der Waals surface area contributed by atoms with Crippen molar-refractivity contribution in [2.75, 3.05) is 0 Å². The third-order valence-corrected chi connectivity index (χ3v) is 3.75. The molecule has 27 heavy (non-hydrogen) atoms. The number of alkyl halides is 3. The molecular weight excluding hydrogens is 364 g/mol. The highest BCUT2D eigenvalue weighted by molar-refractivity contribution is 5.66. The van der Waals surface area contributed by atoms with Crippen LogP contribution in [-0.2, 0) is 6.18 Å². The molecule has 0 aliphatic carbocycles. The monoisotopic (exact) mass is 374 g/mol. The lowest BCUT2D eigenvalue weighted by Crippen LogP contribution is -2.04. The van der Waals surface area contributed by atoms with Gasteiger partial charge in [-0.1, -0.05) is 12.1 Å². The van der Waals surface area contributed by atoms with Crippen molar-refractivity contribution in [3.8, 4) is 22.9 Å². The fraction of sp³-hybridized carbons (Fsp3) is 0.0556. The number of fused-ring (bicyclic) bond motifs is 1. The molecule has 136 valence electrons. The molecule has 0 aliphatic heterocycles. The number of pyridine rings is 1. The molecule has 0 N–H and O–H groups in total. The molecule has 4 aromatic rings. The van der Waals surface area contributed by atoms with Gasteiger partial charge >= 0.3 is 12.2 Å². The maximum Gasteiger partial charge on any atom is 0.434 e. The molecule has 0 amide bonds. The second-order valence-corrected chi connectivity index (χ2v) is 5.59. The number of para-hydroxylation sites is 1. The smallest absolute Gasteiger partial charge is 0.421 e. The summed E-state index contributed by atoms with van der Waals surface area (Å²) < 4.78 is 58.4. The first-order valence-corrected chi connectivity index (χ1v) is 7.71. The molecular formula is C18H10F4N4O. The van der Waals surface area contributed by atoms with Gasteiger partial charge in [0.25, 0.3) is 0 Å². The summed E-state index contributed by atoms with van der Waals surface area (Å²) in [6.45, 7) is 0. The predicted molar refractivity (Wildman–Crippen MR) is 87.7 cm³/mol. The van der Waals surface area contributed by atoms with Gasteiger partial charge in [-0.05, 0) is 29.8 Å². The number of rotatable bonds is 3. The van der Waals surface area contributed by atoms with Crippen LogP contribution in [-0.4, -0.2) is 19.4 Å². The summed E-state index contributed by atoms with van der Waals surface area (Å²) in [4.78, 5) is 11.6. The second kappa shape index (κ2) is 6.35. The van der Waals surface area contributed by atoms with E-state index in [9.17, 15) is 17.6 Å². The standard InChI is InChI=1S/C18H10F4N4O/c19-13-3-1-2-4-14(13)27-17-23-8-12(9-24-17)11-5-6-26-10-15(18(20,21)22)25-16(26)7-11/h1-10H. The maximum absolute atomic E-state index is 13.6. The van der Waals surface area contributed by atoms with Crippen LogP contribution in [0, 0.1) is 5.82 Å². The molecule has 9 heteroatoms. The highest BCUT2D eigenvalue weighted by Crippen LogP contribution is 2.29. The van der Waals surface area contributed by atoms with Crippen molar-refractivity contribution in [2.24, 2.45) is 0 Å². The molecule has 5 nitrogen and oxygen atoms in total. The van der Waals surface area contributed by atoms with E-state index in [0.717, 1.165) is 6.20 Å². The summed E-state index contributed by atoms with van der Waals surface area (Å²) in [5.41, 5.74) is 0.310. The summed E-state index contributed by atoms with van der Waals surface area (Å²) in [6.07, 6.45) is 0.740. The molecule has 0 spiro atoms. The summed E-state index contributed by atoms with van der Waals surface area (Å²) in [5.74, 6) is -0.556. The Morgan fingerprint density at radius 2 is 1.70 bits per heavy atom. The normalized spacial score (nSPS) is 11.7. The Balaban J connectivity index is 1.61. The average molecular weight is 374 g/mol. The van der Waals surface area contributed by atoms with E-state index in [-0.39, 0.29) is 17.4 Å². The summed E-state index contributed by atoms with van der Waals surface area (Å²) in [7, 11) is 0. The minimum absolute atomic E-state index is 0.0104. The number of ether oxygens (including phenoxy) is 1. The van der Waals surface area contributed by atoms with Gasteiger partial charge in [0, 0.05) is 30.4 Å². The first-order valence-electron chi connectivity index (χ1n) is 7.71. The molecule has 4 rings (SSSR count). The SMILES string of the molecule is Fc1ccccc1Oc1ncc(-c2ccn3cc(C(F)(F)F)nc3c2)cn1. The van der Waals surface area contributed by atoms with Crippen LogP contribution in [0.2, 0.25) is 0 Å². The van der Waals surface area contributed by atoms with Crippen LogP contribution in [0.3, 0.4) is 0 Å². The zero-order chi connectivity index (χ0) is 19.0. The zero-order valence-electron chi connectivity index (χ0n) is 13.5. The van der Waals surface area contributed by atoms with Gasteiger partial charge in [-0.3, -0.25) is 0 Å². The largest absolute Gasteiger partial charge is 0.434 e. The van der Waals surface area contributed by atoms with Crippen LogP contribution in [0.25, 0.3) is 16.8 Å². The van der Waals surface area contributed by atoms with Gasteiger partial charge in [0.2, 0.25) is 0 Å². The van der Waals surface area contributed by atoms with E-state index in [0.29, 0.717) is 11.1 Å². The third kappa shape index (κ3) is 3.43. The molecule has 0 saturated heterocycles. The quantitative estimate of drug-likeness (QED) is 0.486. The predicted octanol–water partition coefficient (Wildman–Crippen LogP) is 4.74. The van der Waals surface area contributed by atoms with Crippen molar-refractivity contribution < 1.29 is 22.3 Å². The van der Waals surface area contributed by atoms with Crippen molar-refractivity contribution in [2.45, 2.75) is 6.18 Å². The second-order valence-electron chi connectivity index (χ2n) is 5.59. The van der Waals surface area contributed by atoms with Crippen LogP contribution in [0.1, 0.15) is 5.69 Å². The van der Waals surface area contributed by atoms with E-state index in [1.807, 2.05) is 0 Å². The highest BCUT2D eigenvalue weighted by Gasteiger charge is 2.33. The fourth-order valence-corrected chi connectivity index (χ4v) is 2.44. The topological polar surface area (TPSA) is 52.3 Å². The van der Waals surface area contributed by atoms with E-state index in [2.05, 4.69) is 15.0 Å². The maximum atomic E-state index is 13.6. The van der Waals surface area contributed by atoms with E-state index < -0.39 is 17.7 Å². The summed E-state index contributed by atoms with van der Waals surface area (Å²) in [6, 6.07) is 8.89. The van der Waals surface area contributed by atoms with Gasteiger partial charge in [-0.25, -0.2) is 19.3 Å². The molecule has 0 aliphatic rings. The molecule has 0 bridgehead atoms. The Labute approximate surface area is 149 Å². The first-order chi connectivity index (χ1) is 12.9. The lowest BCUT2D eigenvalue weighted by molar-refractivity contribution is -0.140. The summed E-state index contributed by atoms with van der Waals surface area (Å²) >= 11 is 0. The van der Waals surface area contributed by atoms with Gasteiger partial charge in [-0.2, -0.15) is 13.2 Å². The Hall–Kier alpha value is -3.49. The van der Waals surface area contributed by atoms with Gasteiger partial charge in [0.1, 0.15) is 5.65 Å². The van der Waals surface area contributed by atoms with Crippen molar-refractivity contribution in [1.29, 1.82) is 0 Å².